The van der Waals surface area contributed by atoms with Crippen LogP contribution in [0.4, 0.5) is 5.69 Å². The Morgan fingerprint density at radius 2 is 2.25 bits per heavy atom. The summed E-state index contributed by atoms with van der Waals surface area (Å²) in [6, 6.07) is 4.98. The zero-order valence-corrected chi connectivity index (χ0v) is 9.10. The molecule has 1 heterocycles. The lowest BCUT2D eigenvalue weighted by atomic mass is 9.91. The van der Waals surface area contributed by atoms with E-state index in [1.54, 1.807) is 18.2 Å². The highest BCUT2D eigenvalue weighted by molar-refractivity contribution is 5.93. The Bertz CT molecular complexity index is 502. The highest BCUT2D eigenvalue weighted by Gasteiger charge is 2.32. The summed E-state index contributed by atoms with van der Waals surface area (Å²) in [6.07, 6.45) is 0.628. The molecule has 0 aliphatic carbocycles. The van der Waals surface area contributed by atoms with Gasteiger partial charge in [0.2, 0.25) is 0 Å². The maximum atomic E-state index is 11.6. The van der Waals surface area contributed by atoms with E-state index in [-0.39, 0.29) is 5.97 Å². The van der Waals surface area contributed by atoms with Crippen LogP contribution in [0.3, 0.4) is 0 Å². The van der Waals surface area contributed by atoms with E-state index in [1.165, 1.54) is 0 Å². The largest absolute Gasteiger partial charge is 0.456 e. The molecule has 5 heteroatoms. The van der Waals surface area contributed by atoms with Gasteiger partial charge < -0.3 is 4.74 Å². The Kier molecular flexibility index (Phi) is 2.33. The molecule has 1 aliphatic rings. The highest BCUT2D eigenvalue weighted by Crippen LogP contribution is 2.30. The SMILES string of the molecule is CC1(C)Cc2cc(N=[N+]=[N-])ccc2C(=O)O1. The topological polar surface area (TPSA) is 75.1 Å². The van der Waals surface area contributed by atoms with Crippen LogP contribution in [-0.2, 0) is 11.2 Å². The van der Waals surface area contributed by atoms with Gasteiger partial charge in [-0.3, -0.25) is 0 Å². The number of carbonyl (C=O) groups excluding carboxylic acids is 1. The van der Waals surface area contributed by atoms with Crippen LogP contribution >= 0.6 is 0 Å². The summed E-state index contributed by atoms with van der Waals surface area (Å²) in [5, 5.41) is 3.52. The second kappa shape index (κ2) is 3.54. The van der Waals surface area contributed by atoms with Gasteiger partial charge in [-0.1, -0.05) is 11.2 Å². The molecule has 1 aromatic carbocycles. The number of hydrogen-bond acceptors (Lipinski definition) is 3. The van der Waals surface area contributed by atoms with Gasteiger partial charge >= 0.3 is 5.97 Å². The highest BCUT2D eigenvalue weighted by atomic mass is 16.6. The van der Waals surface area contributed by atoms with Crippen molar-refractivity contribution in [2.75, 3.05) is 0 Å². The van der Waals surface area contributed by atoms with Gasteiger partial charge in [-0.05, 0) is 37.1 Å². The number of rotatable bonds is 1. The molecule has 0 atom stereocenters. The summed E-state index contributed by atoms with van der Waals surface area (Å²) in [7, 11) is 0. The maximum Gasteiger partial charge on any atom is 0.338 e. The van der Waals surface area contributed by atoms with E-state index >= 15 is 0 Å². The van der Waals surface area contributed by atoms with Crippen LogP contribution in [0.25, 0.3) is 10.4 Å². The zero-order chi connectivity index (χ0) is 11.8. The normalized spacial score (nSPS) is 17.0. The number of hydrogen-bond donors (Lipinski definition) is 0. The van der Waals surface area contributed by atoms with Gasteiger partial charge in [0.05, 0.1) is 5.56 Å². The van der Waals surface area contributed by atoms with Crippen LogP contribution in [0.2, 0.25) is 0 Å². The predicted molar refractivity (Wildman–Crippen MR) is 58.4 cm³/mol. The number of azide groups is 1. The van der Waals surface area contributed by atoms with Crippen molar-refractivity contribution in [2.24, 2.45) is 5.11 Å². The molecule has 0 fully saturated rings. The van der Waals surface area contributed by atoms with Gasteiger partial charge in [0.1, 0.15) is 5.60 Å². The van der Waals surface area contributed by atoms with E-state index < -0.39 is 5.60 Å². The fraction of sp³-hybridized carbons (Fsp3) is 0.364. The lowest BCUT2D eigenvalue weighted by Gasteiger charge is -2.31. The molecule has 1 aromatic rings. The van der Waals surface area contributed by atoms with Crippen molar-refractivity contribution in [1.82, 2.24) is 0 Å². The number of fused-ring (bicyclic) bond motifs is 1. The molecule has 0 amide bonds. The van der Waals surface area contributed by atoms with Crippen LogP contribution in [0, 0.1) is 0 Å². The van der Waals surface area contributed by atoms with Crippen LogP contribution in [0.1, 0.15) is 29.8 Å². The Morgan fingerprint density at radius 1 is 1.50 bits per heavy atom. The van der Waals surface area contributed by atoms with Crippen LogP contribution in [0.15, 0.2) is 23.3 Å². The fourth-order valence-corrected chi connectivity index (χ4v) is 1.84. The van der Waals surface area contributed by atoms with Crippen molar-refractivity contribution in [3.05, 3.63) is 39.8 Å². The first kappa shape index (κ1) is 10.5. The molecule has 0 N–H and O–H groups in total. The average Bonchev–Trinajstić information content (AvgIpc) is 2.15. The molecule has 0 saturated carbocycles. The minimum atomic E-state index is -0.501. The molecule has 0 bridgehead atoms. The molecule has 82 valence electrons. The molecule has 5 nitrogen and oxygen atoms in total. The van der Waals surface area contributed by atoms with Crippen molar-refractivity contribution in [3.63, 3.8) is 0 Å². The number of esters is 1. The summed E-state index contributed by atoms with van der Waals surface area (Å²) in [5.74, 6) is -0.321. The first-order valence-corrected chi connectivity index (χ1v) is 4.93. The van der Waals surface area contributed by atoms with E-state index in [1.807, 2.05) is 13.8 Å². The smallest absolute Gasteiger partial charge is 0.338 e. The Hall–Kier alpha value is -2.00. The molecule has 0 radical (unpaired) electrons. The molecule has 0 aromatic heterocycles. The third-order valence-corrected chi connectivity index (χ3v) is 2.45. The van der Waals surface area contributed by atoms with Gasteiger partial charge in [0.15, 0.2) is 0 Å². The monoisotopic (exact) mass is 217 g/mol. The molecule has 16 heavy (non-hydrogen) atoms. The van der Waals surface area contributed by atoms with Crippen molar-refractivity contribution >= 4 is 11.7 Å². The fourth-order valence-electron chi connectivity index (χ4n) is 1.84. The van der Waals surface area contributed by atoms with Gasteiger partial charge in [0.25, 0.3) is 0 Å². The third kappa shape index (κ3) is 1.85. The van der Waals surface area contributed by atoms with E-state index in [4.69, 9.17) is 10.3 Å². The first-order chi connectivity index (χ1) is 7.52. The average molecular weight is 217 g/mol. The van der Waals surface area contributed by atoms with Crippen LogP contribution in [-0.4, -0.2) is 11.6 Å². The molecular formula is C11H11N3O2. The van der Waals surface area contributed by atoms with E-state index in [0.29, 0.717) is 17.7 Å². The number of carbonyl (C=O) groups is 1. The van der Waals surface area contributed by atoms with Crippen molar-refractivity contribution in [3.8, 4) is 0 Å². The van der Waals surface area contributed by atoms with Crippen molar-refractivity contribution in [1.29, 1.82) is 0 Å². The van der Waals surface area contributed by atoms with Crippen molar-refractivity contribution < 1.29 is 9.53 Å². The second-order valence-electron chi connectivity index (χ2n) is 4.36. The third-order valence-electron chi connectivity index (χ3n) is 2.45. The molecule has 1 aliphatic heterocycles. The molecule has 0 saturated heterocycles. The van der Waals surface area contributed by atoms with E-state index in [9.17, 15) is 4.79 Å². The van der Waals surface area contributed by atoms with Crippen molar-refractivity contribution in [2.45, 2.75) is 25.9 Å². The first-order valence-electron chi connectivity index (χ1n) is 4.93. The summed E-state index contributed by atoms with van der Waals surface area (Å²) in [6.45, 7) is 3.71. The van der Waals surface area contributed by atoms with Gasteiger partial charge in [-0.2, -0.15) is 0 Å². The maximum absolute atomic E-state index is 11.6. The molecule has 0 spiro atoms. The second-order valence-corrected chi connectivity index (χ2v) is 4.36. The Balaban J connectivity index is 2.50. The minimum Gasteiger partial charge on any atom is -0.456 e. The van der Waals surface area contributed by atoms with E-state index in [0.717, 1.165) is 5.56 Å². The summed E-state index contributed by atoms with van der Waals surface area (Å²) in [4.78, 5) is 14.4. The number of ether oxygens (including phenoxy) is 1. The number of benzene rings is 1. The van der Waals surface area contributed by atoms with Gasteiger partial charge in [-0.25, -0.2) is 4.79 Å². The van der Waals surface area contributed by atoms with Gasteiger partial charge in [0, 0.05) is 17.0 Å². The Labute approximate surface area is 92.7 Å². The van der Waals surface area contributed by atoms with Crippen LogP contribution < -0.4 is 0 Å². The summed E-state index contributed by atoms with van der Waals surface area (Å²) >= 11 is 0. The number of nitrogens with zero attached hydrogens (tertiary/aromatic N) is 3. The zero-order valence-electron chi connectivity index (χ0n) is 9.10. The van der Waals surface area contributed by atoms with E-state index in [2.05, 4.69) is 10.0 Å². The summed E-state index contributed by atoms with van der Waals surface area (Å²) in [5.41, 5.74) is 9.78. The molecule has 2 rings (SSSR count). The molecule has 0 unspecified atom stereocenters. The lowest BCUT2D eigenvalue weighted by Crippen LogP contribution is -2.35. The van der Waals surface area contributed by atoms with Gasteiger partial charge in [-0.15, -0.1) is 0 Å². The standard InChI is InChI=1S/C11H11N3O2/c1-11(2)6-7-5-8(13-14-12)3-4-9(7)10(15)16-11/h3-5H,6H2,1-2H3. The molecular weight excluding hydrogens is 206 g/mol. The lowest BCUT2D eigenvalue weighted by molar-refractivity contribution is -0.00645. The number of cyclic esters (lactones) is 1. The van der Waals surface area contributed by atoms with Crippen LogP contribution in [0.5, 0.6) is 0 Å². The minimum absolute atomic E-state index is 0.321. The summed E-state index contributed by atoms with van der Waals surface area (Å²) < 4.78 is 5.26. The quantitative estimate of drug-likeness (QED) is 0.313. The Morgan fingerprint density at radius 3 is 2.94 bits per heavy atom. The predicted octanol–water partition coefficient (Wildman–Crippen LogP) is 3.12.